The second kappa shape index (κ2) is 9.58. The average Bonchev–Trinajstić information content (AvgIpc) is 3.39. The third-order valence-corrected chi connectivity index (χ3v) is 6.93. The zero-order valence-corrected chi connectivity index (χ0v) is 20.9. The highest BCUT2D eigenvalue weighted by molar-refractivity contribution is 7.10. The van der Waals surface area contributed by atoms with Gasteiger partial charge in [-0.15, -0.1) is 11.3 Å². The van der Waals surface area contributed by atoms with Crippen molar-refractivity contribution >= 4 is 29.0 Å². The third-order valence-electron chi connectivity index (χ3n) is 5.97. The van der Waals surface area contributed by atoms with E-state index in [1.54, 1.807) is 62.5 Å². The summed E-state index contributed by atoms with van der Waals surface area (Å²) in [5, 5.41) is 1.76. The standard InChI is InChI=1S/C28H26F3NO3S/c1-26(2,3)35-25(34)32-22-13-8-7-12-20(22)27(24(32)33,18-19-10-5-4-6-11-19)21(15-16-28(29,30)31)23-14-9-17-36-23/h4-17,21H,18H2,1-3H3/b16-15+. The van der Waals surface area contributed by atoms with Crippen molar-refractivity contribution in [2.45, 2.75) is 50.3 Å². The highest BCUT2D eigenvalue weighted by Gasteiger charge is 2.58. The first-order valence-electron chi connectivity index (χ1n) is 11.4. The molecule has 2 aromatic carbocycles. The number of amides is 2. The number of rotatable bonds is 5. The van der Waals surface area contributed by atoms with E-state index in [1.165, 1.54) is 11.3 Å². The molecular weight excluding hydrogens is 487 g/mol. The molecule has 188 valence electrons. The van der Waals surface area contributed by atoms with E-state index >= 15 is 0 Å². The predicted molar refractivity (Wildman–Crippen MR) is 134 cm³/mol. The molecule has 0 saturated heterocycles. The first kappa shape index (κ1) is 25.7. The number of hydrogen-bond acceptors (Lipinski definition) is 4. The predicted octanol–water partition coefficient (Wildman–Crippen LogP) is 7.41. The highest BCUT2D eigenvalue weighted by Crippen LogP contribution is 2.53. The van der Waals surface area contributed by atoms with Gasteiger partial charge in [0.15, 0.2) is 0 Å². The maximum atomic E-state index is 14.4. The van der Waals surface area contributed by atoms with Crippen molar-refractivity contribution in [1.29, 1.82) is 0 Å². The number of imide groups is 1. The number of carbonyl (C=O) groups is 2. The van der Waals surface area contributed by atoms with Gasteiger partial charge in [0.2, 0.25) is 5.91 Å². The van der Waals surface area contributed by atoms with E-state index in [0.29, 0.717) is 16.1 Å². The van der Waals surface area contributed by atoms with Crippen LogP contribution in [0.2, 0.25) is 0 Å². The summed E-state index contributed by atoms with van der Waals surface area (Å²) in [5.41, 5.74) is -0.833. The topological polar surface area (TPSA) is 46.6 Å². The monoisotopic (exact) mass is 513 g/mol. The van der Waals surface area contributed by atoms with Crippen LogP contribution in [0.25, 0.3) is 0 Å². The summed E-state index contributed by atoms with van der Waals surface area (Å²) in [6, 6.07) is 19.3. The maximum absolute atomic E-state index is 14.4. The Morgan fingerprint density at radius 2 is 1.69 bits per heavy atom. The summed E-state index contributed by atoms with van der Waals surface area (Å²) in [6.45, 7) is 5.07. The van der Waals surface area contributed by atoms with Gasteiger partial charge in [-0.1, -0.05) is 60.7 Å². The SMILES string of the molecule is CC(C)(C)OC(=O)N1C(=O)C(Cc2ccccc2)(C(/C=C/C(F)(F)F)c2cccs2)c2ccccc21. The van der Waals surface area contributed by atoms with Gasteiger partial charge in [-0.05, 0) is 55.8 Å². The number of anilines is 1. The largest absolute Gasteiger partial charge is 0.443 e. The summed E-state index contributed by atoms with van der Waals surface area (Å²) in [5.74, 6) is -1.60. The third kappa shape index (κ3) is 5.09. The molecule has 1 aromatic heterocycles. The van der Waals surface area contributed by atoms with Crippen LogP contribution >= 0.6 is 11.3 Å². The molecule has 2 amide bonds. The first-order chi connectivity index (χ1) is 16.9. The Bertz CT molecular complexity index is 1260. The number of allylic oxidation sites excluding steroid dienone is 2. The molecule has 2 unspecified atom stereocenters. The number of ether oxygens (including phenoxy) is 1. The Morgan fingerprint density at radius 1 is 1.03 bits per heavy atom. The molecule has 0 N–H and O–H groups in total. The zero-order valence-electron chi connectivity index (χ0n) is 20.1. The van der Waals surface area contributed by atoms with Crippen molar-refractivity contribution in [3.8, 4) is 0 Å². The molecule has 4 rings (SSSR count). The number of fused-ring (bicyclic) bond motifs is 1. The molecule has 2 atom stereocenters. The number of thiophene rings is 1. The number of para-hydroxylation sites is 1. The molecule has 0 spiro atoms. The lowest BCUT2D eigenvalue weighted by Gasteiger charge is -2.35. The Morgan fingerprint density at radius 3 is 2.31 bits per heavy atom. The van der Waals surface area contributed by atoms with E-state index < -0.39 is 35.1 Å². The Labute approximate surface area is 212 Å². The van der Waals surface area contributed by atoms with E-state index in [9.17, 15) is 22.8 Å². The Kier molecular flexibility index (Phi) is 6.84. The molecule has 1 aliphatic rings. The van der Waals surface area contributed by atoms with Crippen molar-refractivity contribution in [2.24, 2.45) is 0 Å². The first-order valence-corrected chi connectivity index (χ1v) is 12.3. The molecule has 0 fully saturated rings. The number of benzene rings is 2. The van der Waals surface area contributed by atoms with Crippen molar-refractivity contribution in [3.05, 3.63) is 100 Å². The van der Waals surface area contributed by atoms with Gasteiger partial charge in [-0.3, -0.25) is 4.79 Å². The smallest absolute Gasteiger partial charge is 0.421 e. The minimum Gasteiger partial charge on any atom is -0.443 e. The van der Waals surface area contributed by atoms with Crippen molar-refractivity contribution < 1.29 is 27.5 Å². The van der Waals surface area contributed by atoms with Crippen molar-refractivity contribution in [3.63, 3.8) is 0 Å². The van der Waals surface area contributed by atoms with Gasteiger partial charge in [0.25, 0.3) is 0 Å². The van der Waals surface area contributed by atoms with Crippen LogP contribution in [0.5, 0.6) is 0 Å². The molecule has 0 aliphatic carbocycles. The molecule has 0 radical (unpaired) electrons. The van der Waals surface area contributed by atoms with Crippen LogP contribution in [0.3, 0.4) is 0 Å². The fourth-order valence-corrected chi connectivity index (χ4v) is 5.53. The van der Waals surface area contributed by atoms with Crippen LogP contribution in [-0.2, 0) is 21.4 Å². The summed E-state index contributed by atoms with van der Waals surface area (Å²) >= 11 is 1.27. The molecule has 1 aliphatic heterocycles. The quantitative estimate of drug-likeness (QED) is 0.334. The van der Waals surface area contributed by atoms with Crippen LogP contribution < -0.4 is 4.90 Å². The maximum Gasteiger partial charge on any atom is 0.421 e. The second-order valence-electron chi connectivity index (χ2n) is 9.67. The number of carbonyl (C=O) groups excluding carboxylic acids is 2. The lowest BCUT2D eigenvalue weighted by Crippen LogP contribution is -2.49. The van der Waals surface area contributed by atoms with Gasteiger partial charge in [0.1, 0.15) is 5.60 Å². The number of alkyl halides is 3. The molecule has 0 saturated carbocycles. The van der Waals surface area contributed by atoms with Gasteiger partial charge >= 0.3 is 12.3 Å². The fraction of sp³-hybridized carbons (Fsp3) is 0.286. The van der Waals surface area contributed by atoms with E-state index in [1.807, 2.05) is 30.3 Å². The summed E-state index contributed by atoms with van der Waals surface area (Å²) in [7, 11) is 0. The summed E-state index contributed by atoms with van der Waals surface area (Å²) in [6.07, 6.45) is -4.12. The van der Waals surface area contributed by atoms with Crippen molar-refractivity contribution in [1.82, 2.24) is 0 Å². The minimum absolute atomic E-state index is 0.0910. The van der Waals surface area contributed by atoms with E-state index in [4.69, 9.17) is 4.74 Å². The van der Waals surface area contributed by atoms with Crippen LogP contribution in [-0.4, -0.2) is 23.8 Å². The van der Waals surface area contributed by atoms with Gasteiger partial charge in [0, 0.05) is 16.9 Å². The number of halogens is 3. The van der Waals surface area contributed by atoms with Gasteiger partial charge in [-0.25, -0.2) is 9.69 Å². The van der Waals surface area contributed by atoms with Crippen LogP contribution in [0.15, 0.2) is 84.3 Å². The van der Waals surface area contributed by atoms with Crippen LogP contribution in [0, 0.1) is 0 Å². The molecule has 0 bridgehead atoms. The van der Waals surface area contributed by atoms with Gasteiger partial charge < -0.3 is 4.74 Å². The molecule has 3 aromatic rings. The Hall–Kier alpha value is -3.39. The average molecular weight is 514 g/mol. The number of hydrogen-bond donors (Lipinski definition) is 0. The lowest BCUT2D eigenvalue weighted by atomic mass is 9.66. The summed E-state index contributed by atoms with van der Waals surface area (Å²) in [4.78, 5) is 29.2. The zero-order chi connectivity index (χ0) is 26.1. The minimum atomic E-state index is -4.57. The van der Waals surface area contributed by atoms with Gasteiger partial charge in [0.05, 0.1) is 11.1 Å². The fourth-order valence-electron chi connectivity index (χ4n) is 4.63. The normalized spacial score (nSPS) is 18.9. The number of nitrogens with zero attached hydrogens (tertiary/aromatic N) is 1. The van der Waals surface area contributed by atoms with E-state index in [0.717, 1.165) is 16.5 Å². The van der Waals surface area contributed by atoms with Crippen molar-refractivity contribution in [2.75, 3.05) is 4.90 Å². The van der Waals surface area contributed by atoms with Crippen LogP contribution in [0.1, 0.15) is 42.7 Å². The molecular formula is C28H26F3NO3S. The van der Waals surface area contributed by atoms with E-state index in [2.05, 4.69) is 0 Å². The second-order valence-corrected chi connectivity index (χ2v) is 10.6. The molecule has 4 nitrogen and oxygen atoms in total. The van der Waals surface area contributed by atoms with Crippen LogP contribution in [0.4, 0.5) is 23.7 Å². The molecule has 2 heterocycles. The summed E-state index contributed by atoms with van der Waals surface area (Å²) < 4.78 is 45.8. The molecule has 36 heavy (non-hydrogen) atoms. The Balaban J connectivity index is 1.98. The highest BCUT2D eigenvalue weighted by atomic mass is 32.1. The molecule has 8 heteroatoms. The lowest BCUT2D eigenvalue weighted by molar-refractivity contribution is -0.123. The van der Waals surface area contributed by atoms with E-state index in [-0.39, 0.29) is 12.5 Å². The van der Waals surface area contributed by atoms with Gasteiger partial charge in [-0.2, -0.15) is 13.2 Å².